The number of nitrogens with two attached hydrogens (primary N) is 1. The number of amides is 2. The molecule has 0 spiro atoms. The number of benzene rings is 2. The van der Waals surface area contributed by atoms with Crippen LogP contribution in [0.15, 0.2) is 41.3 Å². The minimum atomic E-state index is -4.02. The zero-order valence-corrected chi connectivity index (χ0v) is 16.9. The third kappa shape index (κ3) is 5.62. The average molecular weight is 419 g/mol. The third-order valence-electron chi connectivity index (χ3n) is 4.13. The molecule has 0 saturated carbocycles. The van der Waals surface area contributed by atoms with Crippen molar-refractivity contribution in [2.45, 2.75) is 18.7 Å². The number of carbonyl (C=O) groups is 3. The monoisotopic (exact) mass is 419 g/mol. The molecule has 0 atom stereocenters. The van der Waals surface area contributed by atoms with Crippen molar-refractivity contribution in [2.24, 2.45) is 5.14 Å². The zero-order valence-electron chi connectivity index (χ0n) is 16.1. The number of aryl methyl sites for hydroxylation is 1. The van der Waals surface area contributed by atoms with Gasteiger partial charge in [0.1, 0.15) is 0 Å². The summed E-state index contributed by atoms with van der Waals surface area (Å²) >= 11 is 0. The van der Waals surface area contributed by atoms with E-state index >= 15 is 0 Å². The van der Waals surface area contributed by atoms with Gasteiger partial charge in [0.15, 0.2) is 6.61 Å². The van der Waals surface area contributed by atoms with E-state index in [0.717, 1.165) is 6.07 Å². The number of nitrogens with one attached hydrogen (secondary N) is 2. The van der Waals surface area contributed by atoms with Gasteiger partial charge in [0.25, 0.3) is 11.8 Å². The number of sulfonamides is 1. The second-order valence-electron chi connectivity index (χ2n) is 6.25. The van der Waals surface area contributed by atoms with Gasteiger partial charge in [0, 0.05) is 18.3 Å². The van der Waals surface area contributed by atoms with Gasteiger partial charge in [-0.2, -0.15) is 0 Å². The summed E-state index contributed by atoms with van der Waals surface area (Å²) in [5.74, 6) is -1.80. The van der Waals surface area contributed by atoms with E-state index in [2.05, 4.69) is 10.6 Å². The van der Waals surface area contributed by atoms with Gasteiger partial charge in [-0.15, -0.1) is 0 Å². The van der Waals surface area contributed by atoms with Crippen molar-refractivity contribution >= 4 is 33.5 Å². The Balaban J connectivity index is 2.07. The van der Waals surface area contributed by atoms with Crippen LogP contribution in [0.5, 0.6) is 0 Å². The Hall–Kier alpha value is -3.24. The molecule has 0 aliphatic rings. The first-order valence-electron chi connectivity index (χ1n) is 8.46. The van der Waals surface area contributed by atoms with Crippen LogP contribution in [0.3, 0.4) is 0 Å². The summed E-state index contributed by atoms with van der Waals surface area (Å²) in [6.07, 6.45) is 0. The molecule has 10 heteroatoms. The van der Waals surface area contributed by atoms with Crippen LogP contribution in [0.2, 0.25) is 0 Å². The largest absolute Gasteiger partial charge is 0.452 e. The molecular weight excluding hydrogens is 398 g/mol. The van der Waals surface area contributed by atoms with Crippen molar-refractivity contribution in [2.75, 3.05) is 19.0 Å². The molecule has 2 amide bonds. The van der Waals surface area contributed by atoms with E-state index < -0.39 is 28.5 Å². The van der Waals surface area contributed by atoms with Gasteiger partial charge in [-0.3, -0.25) is 9.59 Å². The molecule has 2 rings (SSSR count). The minimum absolute atomic E-state index is 0.0356. The lowest BCUT2D eigenvalue weighted by atomic mass is 10.1. The highest BCUT2D eigenvalue weighted by Crippen LogP contribution is 2.20. The fraction of sp³-hybridized carbons (Fsp3) is 0.211. The van der Waals surface area contributed by atoms with Crippen molar-refractivity contribution in [1.82, 2.24) is 5.32 Å². The number of ether oxygens (including phenoxy) is 1. The molecule has 0 aliphatic heterocycles. The van der Waals surface area contributed by atoms with E-state index in [1.165, 1.54) is 19.2 Å². The smallest absolute Gasteiger partial charge is 0.338 e. The molecule has 0 heterocycles. The Bertz CT molecular complexity index is 1080. The second-order valence-corrected chi connectivity index (χ2v) is 7.78. The molecule has 9 nitrogen and oxygen atoms in total. The topological polar surface area (TPSA) is 145 Å². The molecule has 154 valence electrons. The van der Waals surface area contributed by atoms with Crippen LogP contribution >= 0.6 is 0 Å². The standard InChI is InChI=1S/C19H21N3O6S/c1-11-7-14(9-16(12(11)2)29(20,26)27)19(25)28-10-17(23)22-15-6-4-5-13(8-15)18(24)21-3/h4-9H,10H2,1-3H3,(H,21,24)(H,22,23)(H2,20,26,27). The van der Waals surface area contributed by atoms with Gasteiger partial charge >= 0.3 is 5.97 Å². The van der Waals surface area contributed by atoms with Gasteiger partial charge < -0.3 is 15.4 Å². The van der Waals surface area contributed by atoms with E-state index in [-0.39, 0.29) is 16.4 Å². The molecule has 0 aliphatic carbocycles. The quantitative estimate of drug-likeness (QED) is 0.598. The molecule has 0 fully saturated rings. The van der Waals surface area contributed by atoms with Crippen LogP contribution in [0.25, 0.3) is 0 Å². The number of hydrogen-bond donors (Lipinski definition) is 3. The maximum Gasteiger partial charge on any atom is 0.338 e. The first kappa shape index (κ1) is 22.1. The summed E-state index contributed by atoms with van der Waals surface area (Å²) in [5.41, 5.74) is 1.64. The Kier molecular flexibility index (Phi) is 6.72. The molecule has 0 saturated heterocycles. The van der Waals surface area contributed by atoms with Crippen LogP contribution in [0.1, 0.15) is 31.8 Å². The minimum Gasteiger partial charge on any atom is -0.452 e. The van der Waals surface area contributed by atoms with E-state index in [1.54, 1.807) is 32.0 Å². The van der Waals surface area contributed by atoms with Crippen LogP contribution < -0.4 is 15.8 Å². The lowest BCUT2D eigenvalue weighted by molar-refractivity contribution is -0.119. The SMILES string of the molecule is CNC(=O)c1cccc(NC(=O)COC(=O)c2cc(C)c(C)c(S(N)(=O)=O)c2)c1. The summed E-state index contributed by atoms with van der Waals surface area (Å²) in [5, 5.41) is 10.2. The summed E-state index contributed by atoms with van der Waals surface area (Å²) < 4.78 is 28.3. The van der Waals surface area contributed by atoms with Crippen molar-refractivity contribution in [1.29, 1.82) is 0 Å². The van der Waals surface area contributed by atoms with Gasteiger partial charge in [-0.05, 0) is 55.3 Å². The molecule has 2 aromatic carbocycles. The maximum absolute atomic E-state index is 12.2. The van der Waals surface area contributed by atoms with E-state index in [9.17, 15) is 22.8 Å². The normalized spacial score (nSPS) is 10.9. The predicted molar refractivity (Wildman–Crippen MR) is 106 cm³/mol. The average Bonchev–Trinajstić information content (AvgIpc) is 2.66. The molecule has 0 radical (unpaired) electrons. The maximum atomic E-state index is 12.2. The van der Waals surface area contributed by atoms with Crippen molar-refractivity contribution in [3.8, 4) is 0 Å². The van der Waals surface area contributed by atoms with Crippen LogP contribution in [-0.4, -0.2) is 39.9 Å². The number of rotatable bonds is 6. The van der Waals surface area contributed by atoms with Crippen LogP contribution in [-0.2, 0) is 19.6 Å². The Morgan fingerprint density at radius 1 is 1.07 bits per heavy atom. The Morgan fingerprint density at radius 2 is 1.76 bits per heavy atom. The van der Waals surface area contributed by atoms with E-state index in [4.69, 9.17) is 9.88 Å². The summed E-state index contributed by atoms with van der Waals surface area (Å²) in [6, 6.07) is 8.79. The van der Waals surface area contributed by atoms with Crippen molar-refractivity contribution in [3.63, 3.8) is 0 Å². The molecule has 0 unspecified atom stereocenters. The van der Waals surface area contributed by atoms with Gasteiger partial charge in [-0.1, -0.05) is 6.07 Å². The lowest BCUT2D eigenvalue weighted by Gasteiger charge is -2.11. The molecule has 2 aromatic rings. The summed E-state index contributed by atoms with van der Waals surface area (Å²) in [7, 11) is -2.53. The zero-order chi connectivity index (χ0) is 21.8. The summed E-state index contributed by atoms with van der Waals surface area (Å²) in [6.45, 7) is 2.61. The van der Waals surface area contributed by atoms with E-state index in [0.29, 0.717) is 22.4 Å². The highest BCUT2D eigenvalue weighted by Gasteiger charge is 2.19. The first-order valence-corrected chi connectivity index (χ1v) is 10.0. The first-order chi connectivity index (χ1) is 13.5. The highest BCUT2D eigenvalue weighted by molar-refractivity contribution is 7.89. The molecule has 29 heavy (non-hydrogen) atoms. The molecular formula is C19H21N3O6S. The lowest BCUT2D eigenvalue weighted by Crippen LogP contribution is -2.22. The Morgan fingerprint density at radius 3 is 2.38 bits per heavy atom. The number of primary sulfonamides is 1. The fourth-order valence-corrected chi connectivity index (χ4v) is 3.41. The summed E-state index contributed by atoms with van der Waals surface area (Å²) in [4.78, 5) is 35.7. The van der Waals surface area contributed by atoms with Crippen LogP contribution in [0, 0.1) is 13.8 Å². The molecule has 0 aromatic heterocycles. The highest BCUT2D eigenvalue weighted by atomic mass is 32.2. The van der Waals surface area contributed by atoms with Gasteiger partial charge in [-0.25, -0.2) is 18.4 Å². The molecule has 4 N–H and O–H groups in total. The van der Waals surface area contributed by atoms with Gasteiger partial charge in [0.05, 0.1) is 10.5 Å². The van der Waals surface area contributed by atoms with Crippen LogP contribution in [0.4, 0.5) is 5.69 Å². The third-order valence-corrected chi connectivity index (χ3v) is 5.17. The van der Waals surface area contributed by atoms with Crippen molar-refractivity contribution in [3.05, 3.63) is 58.7 Å². The Labute approximate surface area is 168 Å². The number of hydrogen-bond acceptors (Lipinski definition) is 6. The number of esters is 1. The number of anilines is 1. The fourth-order valence-electron chi connectivity index (χ4n) is 2.53. The predicted octanol–water partition coefficient (Wildman–Crippen LogP) is 1.11. The number of carbonyl (C=O) groups excluding carboxylic acids is 3. The molecule has 0 bridgehead atoms. The van der Waals surface area contributed by atoms with E-state index in [1.807, 2.05) is 0 Å². The van der Waals surface area contributed by atoms with Crippen molar-refractivity contribution < 1.29 is 27.5 Å². The van der Waals surface area contributed by atoms with Gasteiger partial charge in [0.2, 0.25) is 10.0 Å². The second kappa shape index (κ2) is 8.84.